The largest absolute Gasteiger partial charge is 0.493 e. The van der Waals surface area contributed by atoms with Crippen LogP contribution in [0.2, 0.25) is 0 Å². The second kappa shape index (κ2) is 7.82. The van der Waals surface area contributed by atoms with E-state index in [1.54, 1.807) is 0 Å². The molecule has 1 unspecified atom stereocenters. The monoisotopic (exact) mass is 309 g/mol. The molecule has 1 aliphatic rings. The van der Waals surface area contributed by atoms with Gasteiger partial charge in [-0.15, -0.1) is 0 Å². The number of carbonyl (C=O) groups excluding carboxylic acids is 1. The van der Waals surface area contributed by atoms with Gasteiger partial charge in [0.05, 0.1) is 13.0 Å². The van der Waals surface area contributed by atoms with Gasteiger partial charge >= 0.3 is 0 Å². The van der Waals surface area contributed by atoms with E-state index in [-0.39, 0.29) is 5.91 Å². The number of nitrogens with zero attached hydrogens (tertiary/aromatic N) is 1. The summed E-state index contributed by atoms with van der Waals surface area (Å²) in [6.45, 7) is 2.35. The molecule has 0 saturated carbocycles. The molecule has 0 N–H and O–H groups in total. The summed E-state index contributed by atoms with van der Waals surface area (Å²) in [5.74, 6) is 1.55. The fourth-order valence-corrected chi connectivity index (χ4v) is 3.04. The molecule has 3 heteroatoms. The summed E-state index contributed by atoms with van der Waals surface area (Å²) in [5.41, 5.74) is 1.08. The third kappa shape index (κ3) is 4.59. The third-order valence-corrected chi connectivity index (χ3v) is 4.30. The fraction of sp³-hybridized carbons (Fsp3) is 0.350. The lowest BCUT2D eigenvalue weighted by atomic mass is 9.98. The van der Waals surface area contributed by atoms with Crippen LogP contribution in [0.1, 0.15) is 18.4 Å². The van der Waals surface area contributed by atoms with Crippen LogP contribution in [0, 0.1) is 5.92 Å². The van der Waals surface area contributed by atoms with Crippen LogP contribution in [-0.2, 0) is 11.2 Å². The number of hydrogen-bond acceptors (Lipinski definition) is 2. The van der Waals surface area contributed by atoms with Crippen molar-refractivity contribution < 1.29 is 9.53 Å². The first-order chi connectivity index (χ1) is 11.3. The van der Waals surface area contributed by atoms with Gasteiger partial charge < -0.3 is 9.64 Å². The maximum atomic E-state index is 12.5. The molecule has 3 nitrogen and oxygen atoms in total. The summed E-state index contributed by atoms with van der Waals surface area (Å²) in [5, 5.41) is 0. The summed E-state index contributed by atoms with van der Waals surface area (Å²) in [4.78, 5) is 14.5. The summed E-state index contributed by atoms with van der Waals surface area (Å²) in [6.07, 6.45) is 2.68. The van der Waals surface area contributed by atoms with E-state index in [1.807, 2.05) is 65.6 Å². The second-order valence-electron chi connectivity index (χ2n) is 6.13. The third-order valence-electron chi connectivity index (χ3n) is 4.30. The number of amides is 1. The van der Waals surface area contributed by atoms with Crippen LogP contribution in [0.15, 0.2) is 60.7 Å². The molecule has 3 rings (SSSR count). The van der Waals surface area contributed by atoms with E-state index in [1.165, 1.54) is 0 Å². The minimum absolute atomic E-state index is 0.223. The fourth-order valence-electron chi connectivity index (χ4n) is 3.04. The standard InChI is InChI=1S/C20H23NO2/c22-20(14-17-8-3-1-4-9-17)21-13-7-10-18(15-21)16-23-19-11-5-2-6-12-19/h1-6,8-9,11-12,18H,7,10,13-16H2. The Bertz CT molecular complexity index is 612. The molecule has 1 fully saturated rings. The summed E-state index contributed by atoms with van der Waals surface area (Å²) in [6, 6.07) is 19.9. The highest BCUT2D eigenvalue weighted by atomic mass is 16.5. The molecule has 0 radical (unpaired) electrons. The van der Waals surface area contributed by atoms with Crippen molar-refractivity contribution in [2.75, 3.05) is 19.7 Å². The van der Waals surface area contributed by atoms with E-state index < -0.39 is 0 Å². The van der Waals surface area contributed by atoms with Crippen LogP contribution in [0.4, 0.5) is 0 Å². The van der Waals surface area contributed by atoms with Crippen LogP contribution >= 0.6 is 0 Å². The molecule has 120 valence electrons. The van der Waals surface area contributed by atoms with Gasteiger partial charge in [0.15, 0.2) is 0 Å². The zero-order chi connectivity index (χ0) is 15.9. The zero-order valence-electron chi connectivity index (χ0n) is 13.4. The number of carbonyl (C=O) groups is 1. The van der Waals surface area contributed by atoms with E-state index in [2.05, 4.69) is 0 Å². The molecule has 1 atom stereocenters. The summed E-state index contributed by atoms with van der Waals surface area (Å²) in [7, 11) is 0. The number of para-hydroxylation sites is 1. The average molecular weight is 309 g/mol. The first-order valence-electron chi connectivity index (χ1n) is 8.31. The highest BCUT2D eigenvalue weighted by molar-refractivity contribution is 5.78. The molecule has 0 aromatic heterocycles. The molecule has 23 heavy (non-hydrogen) atoms. The van der Waals surface area contributed by atoms with Crippen molar-refractivity contribution in [3.05, 3.63) is 66.2 Å². The van der Waals surface area contributed by atoms with Gasteiger partial charge in [-0.3, -0.25) is 4.79 Å². The molecule has 1 amide bonds. The minimum atomic E-state index is 0.223. The number of likely N-dealkylation sites (tertiary alicyclic amines) is 1. The highest BCUT2D eigenvalue weighted by Gasteiger charge is 2.24. The first-order valence-corrected chi connectivity index (χ1v) is 8.31. The van der Waals surface area contributed by atoms with E-state index in [9.17, 15) is 4.79 Å². The Morgan fingerprint density at radius 2 is 1.74 bits per heavy atom. The minimum Gasteiger partial charge on any atom is -0.493 e. The molecule has 1 saturated heterocycles. The number of benzene rings is 2. The predicted octanol–water partition coefficient (Wildman–Crippen LogP) is 3.55. The molecular weight excluding hydrogens is 286 g/mol. The van der Waals surface area contributed by atoms with Crippen molar-refractivity contribution in [2.45, 2.75) is 19.3 Å². The number of ether oxygens (including phenoxy) is 1. The van der Waals surface area contributed by atoms with Crippen molar-refractivity contribution in [1.29, 1.82) is 0 Å². The SMILES string of the molecule is O=C(Cc1ccccc1)N1CCCC(COc2ccccc2)C1. The smallest absolute Gasteiger partial charge is 0.227 e. The Labute approximate surface area is 137 Å². The van der Waals surface area contributed by atoms with E-state index >= 15 is 0 Å². The predicted molar refractivity (Wildman–Crippen MR) is 91.4 cm³/mol. The number of hydrogen-bond donors (Lipinski definition) is 0. The van der Waals surface area contributed by atoms with Crippen molar-refractivity contribution in [2.24, 2.45) is 5.92 Å². The van der Waals surface area contributed by atoms with Gasteiger partial charge in [0.1, 0.15) is 5.75 Å². The maximum Gasteiger partial charge on any atom is 0.227 e. The number of rotatable bonds is 5. The molecule has 0 bridgehead atoms. The molecule has 0 aliphatic carbocycles. The Kier molecular flexibility index (Phi) is 5.30. The molecule has 2 aromatic carbocycles. The molecule has 0 spiro atoms. The Morgan fingerprint density at radius 1 is 1.04 bits per heavy atom. The average Bonchev–Trinajstić information content (AvgIpc) is 2.62. The van der Waals surface area contributed by atoms with Crippen molar-refractivity contribution in [1.82, 2.24) is 4.90 Å². The van der Waals surface area contributed by atoms with E-state index in [0.717, 1.165) is 37.2 Å². The van der Waals surface area contributed by atoms with Gasteiger partial charge in [-0.2, -0.15) is 0 Å². The summed E-state index contributed by atoms with van der Waals surface area (Å²) >= 11 is 0. The molecule has 1 aliphatic heterocycles. The Morgan fingerprint density at radius 3 is 2.48 bits per heavy atom. The van der Waals surface area contributed by atoms with Crippen molar-refractivity contribution in [3.8, 4) is 5.75 Å². The van der Waals surface area contributed by atoms with Gasteiger partial charge in [-0.25, -0.2) is 0 Å². The van der Waals surface area contributed by atoms with E-state index in [4.69, 9.17) is 4.74 Å². The normalized spacial score (nSPS) is 17.7. The van der Waals surface area contributed by atoms with E-state index in [0.29, 0.717) is 18.9 Å². The van der Waals surface area contributed by atoms with Crippen LogP contribution in [0.3, 0.4) is 0 Å². The zero-order valence-corrected chi connectivity index (χ0v) is 13.4. The number of piperidine rings is 1. The Balaban J connectivity index is 1.50. The molecule has 2 aromatic rings. The lowest BCUT2D eigenvalue weighted by Gasteiger charge is -2.32. The van der Waals surface area contributed by atoms with Gasteiger partial charge in [0, 0.05) is 19.0 Å². The lowest BCUT2D eigenvalue weighted by molar-refractivity contribution is -0.132. The summed E-state index contributed by atoms with van der Waals surface area (Å²) < 4.78 is 5.85. The second-order valence-corrected chi connectivity index (χ2v) is 6.13. The first kappa shape index (κ1) is 15.6. The van der Waals surface area contributed by atoms with Crippen LogP contribution in [0.25, 0.3) is 0 Å². The van der Waals surface area contributed by atoms with Crippen molar-refractivity contribution >= 4 is 5.91 Å². The van der Waals surface area contributed by atoms with Gasteiger partial charge in [-0.05, 0) is 30.5 Å². The van der Waals surface area contributed by atoms with Gasteiger partial charge in [-0.1, -0.05) is 48.5 Å². The lowest BCUT2D eigenvalue weighted by Crippen LogP contribution is -2.42. The van der Waals surface area contributed by atoms with Gasteiger partial charge in [0.25, 0.3) is 0 Å². The highest BCUT2D eigenvalue weighted by Crippen LogP contribution is 2.19. The van der Waals surface area contributed by atoms with Crippen LogP contribution in [-0.4, -0.2) is 30.5 Å². The van der Waals surface area contributed by atoms with Crippen LogP contribution in [0.5, 0.6) is 5.75 Å². The Hall–Kier alpha value is -2.29. The quantitative estimate of drug-likeness (QED) is 0.845. The topological polar surface area (TPSA) is 29.5 Å². The van der Waals surface area contributed by atoms with Gasteiger partial charge in [0.2, 0.25) is 5.91 Å². The van der Waals surface area contributed by atoms with Crippen LogP contribution < -0.4 is 4.74 Å². The molecular formula is C20H23NO2. The molecule has 1 heterocycles. The van der Waals surface area contributed by atoms with Crippen molar-refractivity contribution in [3.63, 3.8) is 0 Å². The maximum absolute atomic E-state index is 12.5.